The van der Waals surface area contributed by atoms with E-state index in [1.165, 1.54) is 0 Å². The first kappa shape index (κ1) is 24.4. The van der Waals surface area contributed by atoms with E-state index in [2.05, 4.69) is 31.1 Å². The lowest BCUT2D eigenvalue weighted by Crippen LogP contribution is -2.53. The van der Waals surface area contributed by atoms with E-state index in [4.69, 9.17) is 0 Å². The van der Waals surface area contributed by atoms with Crippen molar-refractivity contribution < 1.29 is 14.4 Å². The number of carbonyl (C=O) groups is 3. The zero-order valence-corrected chi connectivity index (χ0v) is 19.3. The van der Waals surface area contributed by atoms with Crippen LogP contribution in [0.5, 0.6) is 0 Å². The smallest absolute Gasteiger partial charge is 0.243 e. The van der Waals surface area contributed by atoms with Gasteiger partial charge in [-0.1, -0.05) is 33.8 Å². The van der Waals surface area contributed by atoms with Gasteiger partial charge in [0, 0.05) is 25.4 Å². The molecule has 2 fully saturated rings. The largest absolute Gasteiger partial charge is 0.349 e. The fourth-order valence-electron chi connectivity index (χ4n) is 4.56. The predicted molar refractivity (Wildman–Crippen MR) is 120 cm³/mol. The van der Waals surface area contributed by atoms with Crippen molar-refractivity contribution in [2.75, 3.05) is 13.1 Å². The first-order valence-corrected chi connectivity index (χ1v) is 11.7. The molecule has 1 aliphatic carbocycles. The second kappa shape index (κ2) is 11.5. The van der Waals surface area contributed by atoms with Gasteiger partial charge in [-0.2, -0.15) is 0 Å². The Hall–Kier alpha value is -1.85. The normalized spacial score (nSPS) is 27.6. The van der Waals surface area contributed by atoms with Gasteiger partial charge >= 0.3 is 0 Å². The van der Waals surface area contributed by atoms with E-state index < -0.39 is 6.04 Å². The standard InChI is InChI=1S/C24H41N3O3/c1-6-7-8-9-21(28)26-22(16(2)3)23(29)25-20-15-27(14-18(20)5)24(30)19-12-10-17(4)11-13-19/h6,16-20,22H,1,7-15H2,2-5H3,(H,25,29)(H,26,28)/t17?,18-,19?,20-,22+/m1/s1. The number of nitrogens with one attached hydrogen (secondary N) is 2. The molecule has 2 aliphatic rings. The molecule has 1 aliphatic heterocycles. The maximum atomic E-state index is 12.9. The molecule has 0 aromatic carbocycles. The van der Waals surface area contributed by atoms with Gasteiger partial charge < -0.3 is 15.5 Å². The average Bonchev–Trinajstić information content (AvgIpc) is 3.06. The molecular formula is C24H41N3O3. The number of carbonyl (C=O) groups excluding carboxylic acids is 3. The molecule has 0 aromatic rings. The van der Waals surface area contributed by atoms with Crippen molar-refractivity contribution in [3.8, 4) is 0 Å². The molecule has 1 saturated heterocycles. The van der Waals surface area contributed by atoms with Crippen LogP contribution in [0, 0.1) is 23.7 Å². The first-order chi connectivity index (χ1) is 14.2. The third-order valence-corrected chi connectivity index (χ3v) is 6.69. The fourth-order valence-corrected chi connectivity index (χ4v) is 4.56. The summed E-state index contributed by atoms with van der Waals surface area (Å²) in [4.78, 5) is 40.0. The zero-order valence-electron chi connectivity index (χ0n) is 19.3. The molecule has 0 aromatic heterocycles. The van der Waals surface area contributed by atoms with Gasteiger partial charge in [0.05, 0.1) is 6.04 Å². The van der Waals surface area contributed by atoms with Crippen molar-refractivity contribution in [3.63, 3.8) is 0 Å². The van der Waals surface area contributed by atoms with Crippen LogP contribution in [0.1, 0.15) is 72.6 Å². The van der Waals surface area contributed by atoms with Crippen LogP contribution in [-0.2, 0) is 14.4 Å². The Balaban J connectivity index is 1.88. The Labute approximate surface area is 182 Å². The quantitative estimate of drug-likeness (QED) is 0.445. The molecule has 3 amide bonds. The Morgan fingerprint density at radius 2 is 1.77 bits per heavy atom. The summed E-state index contributed by atoms with van der Waals surface area (Å²) in [5.41, 5.74) is 0. The van der Waals surface area contributed by atoms with Crippen molar-refractivity contribution in [1.29, 1.82) is 0 Å². The summed E-state index contributed by atoms with van der Waals surface area (Å²) in [6.07, 6.45) is 7.93. The highest BCUT2D eigenvalue weighted by Crippen LogP contribution is 2.31. The van der Waals surface area contributed by atoms with Crippen molar-refractivity contribution in [2.45, 2.75) is 84.7 Å². The summed E-state index contributed by atoms with van der Waals surface area (Å²) in [5, 5.41) is 6.00. The molecule has 6 heteroatoms. The molecule has 2 rings (SSSR count). The van der Waals surface area contributed by atoms with E-state index in [9.17, 15) is 14.4 Å². The first-order valence-electron chi connectivity index (χ1n) is 11.7. The third-order valence-electron chi connectivity index (χ3n) is 6.69. The Kier molecular flexibility index (Phi) is 9.37. The summed E-state index contributed by atoms with van der Waals surface area (Å²) in [6, 6.07) is -0.624. The molecule has 3 atom stereocenters. The molecule has 6 nitrogen and oxygen atoms in total. The minimum atomic E-state index is -0.557. The van der Waals surface area contributed by atoms with Crippen LogP contribution in [0.2, 0.25) is 0 Å². The SMILES string of the molecule is C=CCCCC(=O)N[C@H](C(=O)N[C@@H]1CN(C(=O)C2CCC(C)CC2)C[C@H]1C)C(C)C. The number of hydrogen-bond acceptors (Lipinski definition) is 3. The molecule has 0 radical (unpaired) electrons. The van der Waals surface area contributed by atoms with Gasteiger partial charge in [0.25, 0.3) is 0 Å². The molecule has 30 heavy (non-hydrogen) atoms. The van der Waals surface area contributed by atoms with Gasteiger partial charge in [-0.05, 0) is 56.3 Å². The molecule has 0 unspecified atom stereocenters. The number of allylic oxidation sites excluding steroid dienone is 1. The van der Waals surface area contributed by atoms with Crippen LogP contribution in [0.3, 0.4) is 0 Å². The van der Waals surface area contributed by atoms with Gasteiger partial charge in [0.2, 0.25) is 17.7 Å². The number of unbranched alkanes of at least 4 members (excludes halogenated alkanes) is 1. The van der Waals surface area contributed by atoms with Gasteiger partial charge in [-0.25, -0.2) is 0 Å². The summed E-state index contributed by atoms with van der Waals surface area (Å²) in [5.74, 6) is 1.05. The lowest BCUT2D eigenvalue weighted by molar-refractivity contribution is -0.136. The summed E-state index contributed by atoms with van der Waals surface area (Å²) >= 11 is 0. The molecule has 1 heterocycles. The van der Waals surface area contributed by atoms with Crippen LogP contribution >= 0.6 is 0 Å². The van der Waals surface area contributed by atoms with Gasteiger partial charge in [-0.15, -0.1) is 6.58 Å². The van der Waals surface area contributed by atoms with Gasteiger partial charge in [0.1, 0.15) is 6.04 Å². The molecule has 1 saturated carbocycles. The fraction of sp³-hybridized carbons (Fsp3) is 0.792. The molecule has 0 spiro atoms. The summed E-state index contributed by atoms with van der Waals surface area (Å²) in [6.45, 7) is 13.1. The van der Waals surface area contributed by atoms with Crippen molar-refractivity contribution in [1.82, 2.24) is 15.5 Å². The topological polar surface area (TPSA) is 78.5 Å². The molecule has 170 valence electrons. The number of hydrogen-bond donors (Lipinski definition) is 2. The maximum absolute atomic E-state index is 12.9. The summed E-state index contributed by atoms with van der Waals surface area (Å²) < 4.78 is 0. The van der Waals surface area contributed by atoms with Crippen LogP contribution in [0.25, 0.3) is 0 Å². The van der Waals surface area contributed by atoms with Crippen LogP contribution < -0.4 is 10.6 Å². The highest BCUT2D eigenvalue weighted by molar-refractivity contribution is 5.88. The summed E-state index contributed by atoms with van der Waals surface area (Å²) in [7, 11) is 0. The van der Waals surface area contributed by atoms with E-state index >= 15 is 0 Å². The Morgan fingerprint density at radius 1 is 1.10 bits per heavy atom. The maximum Gasteiger partial charge on any atom is 0.243 e. The Bertz CT molecular complexity index is 611. The monoisotopic (exact) mass is 419 g/mol. The second-order valence-electron chi connectivity index (χ2n) is 9.76. The van der Waals surface area contributed by atoms with Crippen molar-refractivity contribution in [3.05, 3.63) is 12.7 Å². The van der Waals surface area contributed by atoms with E-state index in [0.717, 1.165) is 44.4 Å². The van der Waals surface area contributed by atoms with E-state index in [-0.39, 0.29) is 41.5 Å². The molecular weight excluding hydrogens is 378 g/mol. The van der Waals surface area contributed by atoms with E-state index in [1.54, 1.807) is 6.08 Å². The van der Waals surface area contributed by atoms with Crippen molar-refractivity contribution >= 4 is 17.7 Å². The van der Waals surface area contributed by atoms with Crippen molar-refractivity contribution in [2.24, 2.45) is 23.7 Å². The Morgan fingerprint density at radius 3 is 2.37 bits per heavy atom. The molecule has 2 N–H and O–H groups in total. The number of amides is 3. The zero-order chi connectivity index (χ0) is 22.3. The minimum Gasteiger partial charge on any atom is -0.349 e. The highest BCUT2D eigenvalue weighted by atomic mass is 16.2. The van der Waals surface area contributed by atoms with Gasteiger partial charge in [0.15, 0.2) is 0 Å². The van der Waals surface area contributed by atoms with E-state index in [0.29, 0.717) is 19.5 Å². The molecule has 0 bridgehead atoms. The van der Waals surface area contributed by atoms with Crippen LogP contribution in [0.4, 0.5) is 0 Å². The minimum absolute atomic E-state index is 0.00738. The average molecular weight is 420 g/mol. The number of nitrogens with zero attached hydrogens (tertiary/aromatic N) is 1. The lowest BCUT2D eigenvalue weighted by Gasteiger charge is -2.29. The second-order valence-corrected chi connectivity index (χ2v) is 9.76. The lowest BCUT2D eigenvalue weighted by atomic mass is 9.82. The predicted octanol–water partition coefficient (Wildman–Crippen LogP) is 3.27. The third kappa shape index (κ3) is 6.85. The van der Waals surface area contributed by atoms with Crippen LogP contribution in [0.15, 0.2) is 12.7 Å². The highest BCUT2D eigenvalue weighted by Gasteiger charge is 2.38. The number of rotatable bonds is 9. The van der Waals surface area contributed by atoms with E-state index in [1.807, 2.05) is 18.7 Å². The number of likely N-dealkylation sites (tertiary alicyclic amines) is 1. The van der Waals surface area contributed by atoms with Gasteiger partial charge in [-0.3, -0.25) is 14.4 Å². The van der Waals surface area contributed by atoms with Crippen LogP contribution in [-0.4, -0.2) is 47.8 Å².